The summed E-state index contributed by atoms with van der Waals surface area (Å²) in [6.07, 6.45) is 0. The molecular weight excluding hydrogens is 300 g/mol. The molecule has 5 nitrogen and oxygen atoms in total. The summed E-state index contributed by atoms with van der Waals surface area (Å²) < 4.78 is 12.3. The van der Waals surface area contributed by atoms with E-state index in [-0.39, 0.29) is 5.56 Å². The molecule has 0 radical (unpaired) electrons. The van der Waals surface area contributed by atoms with Gasteiger partial charge in [-0.1, -0.05) is 12.1 Å². The molecule has 6 heteroatoms. The van der Waals surface area contributed by atoms with Crippen molar-refractivity contribution >= 4 is 23.1 Å². The number of para-hydroxylation sites is 1. The molecule has 0 aliphatic heterocycles. The van der Waals surface area contributed by atoms with Gasteiger partial charge in [0.25, 0.3) is 5.56 Å². The van der Waals surface area contributed by atoms with Crippen LogP contribution in [0.4, 0.5) is 0 Å². The number of methoxy groups -OCH3 is 2. The maximum Gasteiger partial charge on any atom is 0.266 e. The van der Waals surface area contributed by atoms with Crippen LogP contribution in [-0.4, -0.2) is 23.8 Å². The van der Waals surface area contributed by atoms with E-state index >= 15 is 0 Å². The quantitative estimate of drug-likeness (QED) is 0.755. The highest BCUT2D eigenvalue weighted by atomic mass is 32.1. The molecule has 0 bridgehead atoms. The zero-order valence-corrected chi connectivity index (χ0v) is 12.9. The first-order valence-electron chi connectivity index (χ1n) is 6.62. The van der Waals surface area contributed by atoms with Gasteiger partial charge >= 0.3 is 0 Å². The molecule has 22 heavy (non-hydrogen) atoms. The highest BCUT2D eigenvalue weighted by Gasteiger charge is 2.12. The minimum Gasteiger partial charge on any atom is -0.497 e. The second kappa shape index (κ2) is 5.65. The van der Waals surface area contributed by atoms with E-state index in [1.54, 1.807) is 31.4 Å². The number of nitrogens with zero attached hydrogens (tertiary/aromatic N) is 1. The normalized spacial score (nSPS) is 10.6. The van der Waals surface area contributed by atoms with E-state index in [2.05, 4.69) is 4.98 Å². The molecular formula is C16H14N2O3S. The van der Waals surface area contributed by atoms with Crippen LogP contribution in [0, 0.1) is 4.77 Å². The number of fused-ring (bicyclic) bond motifs is 1. The van der Waals surface area contributed by atoms with Gasteiger partial charge in [0.05, 0.1) is 30.8 Å². The van der Waals surface area contributed by atoms with Crippen LogP contribution in [0.15, 0.2) is 47.3 Å². The molecule has 112 valence electrons. The molecule has 1 heterocycles. The van der Waals surface area contributed by atoms with Gasteiger partial charge in [0.15, 0.2) is 4.77 Å². The maximum atomic E-state index is 12.8. The SMILES string of the molecule is COc1ccc(-n2c(=S)[nH]c3ccccc3c2=O)c(OC)c1. The third-order valence-corrected chi connectivity index (χ3v) is 3.72. The average molecular weight is 314 g/mol. The van der Waals surface area contributed by atoms with Crippen LogP contribution in [0.1, 0.15) is 0 Å². The Morgan fingerprint density at radius 2 is 1.86 bits per heavy atom. The van der Waals surface area contributed by atoms with E-state index in [4.69, 9.17) is 21.7 Å². The lowest BCUT2D eigenvalue weighted by Gasteiger charge is -2.13. The summed E-state index contributed by atoms with van der Waals surface area (Å²) in [5, 5.41) is 0.564. The molecule has 0 fully saturated rings. The molecule has 0 amide bonds. The van der Waals surface area contributed by atoms with E-state index < -0.39 is 0 Å². The predicted molar refractivity (Wildman–Crippen MR) is 87.8 cm³/mol. The Morgan fingerprint density at radius 3 is 2.59 bits per heavy atom. The molecule has 0 saturated heterocycles. The Hall–Kier alpha value is -2.60. The summed E-state index contributed by atoms with van der Waals surface area (Å²) >= 11 is 5.34. The van der Waals surface area contributed by atoms with Crippen molar-refractivity contribution in [3.63, 3.8) is 0 Å². The zero-order valence-electron chi connectivity index (χ0n) is 12.1. The maximum absolute atomic E-state index is 12.8. The molecule has 0 spiro atoms. The molecule has 3 rings (SSSR count). The van der Waals surface area contributed by atoms with Crippen molar-refractivity contribution in [3.8, 4) is 17.2 Å². The fourth-order valence-corrected chi connectivity index (χ4v) is 2.64. The Kier molecular flexibility index (Phi) is 3.68. The summed E-state index contributed by atoms with van der Waals surface area (Å²) in [5.74, 6) is 1.15. The van der Waals surface area contributed by atoms with Crippen molar-refractivity contribution in [1.29, 1.82) is 0 Å². The third kappa shape index (κ3) is 2.27. The number of rotatable bonds is 3. The van der Waals surface area contributed by atoms with Crippen LogP contribution >= 0.6 is 12.2 Å². The third-order valence-electron chi connectivity index (χ3n) is 3.43. The second-order valence-electron chi connectivity index (χ2n) is 4.65. The summed E-state index contributed by atoms with van der Waals surface area (Å²) in [5.41, 5.74) is 1.09. The average Bonchev–Trinajstić information content (AvgIpc) is 2.55. The number of nitrogens with one attached hydrogen (secondary N) is 1. The van der Waals surface area contributed by atoms with E-state index in [0.717, 1.165) is 0 Å². The van der Waals surface area contributed by atoms with Gasteiger partial charge in [-0.3, -0.25) is 4.79 Å². The Balaban J connectivity index is 2.36. The van der Waals surface area contributed by atoms with E-state index in [1.807, 2.05) is 18.2 Å². The smallest absolute Gasteiger partial charge is 0.266 e. The minimum absolute atomic E-state index is 0.192. The summed E-state index contributed by atoms with van der Waals surface area (Å²) in [6.45, 7) is 0. The van der Waals surface area contributed by atoms with Gasteiger partial charge in [-0.2, -0.15) is 0 Å². The highest BCUT2D eigenvalue weighted by molar-refractivity contribution is 7.71. The van der Waals surface area contributed by atoms with Gasteiger partial charge in [0.2, 0.25) is 0 Å². The van der Waals surface area contributed by atoms with Gasteiger partial charge in [-0.25, -0.2) is 4.57 Å². The molecule has 0 aliphatic rings. The number of benzene rings is 2. The van der Waals surface area contributed by atoms with Crippen LogP contribution in [0.25, 0.3) is 16.6 Å². The molecule has 2 aromatic carbocycles. The number of hydrogen-bond donors (Lipinski definition) is 1. The van der Waals surface area contributed by atoms with E-state index in [1.165, 1.54) is 11.7 Å². The Bertz CT molecular complexity index is 959. The van der Waals surface area contributed by atoms with Gasteiger partial charge in [-0.05, 0) is 36.5 Å². The van der Waals surface area contributed by atoms with Crippen molar-refractivity contribution in [2.75, 3.05) is 14.2 Å². The van der Waals surface area contributed by atoms with E-state index in [9.17, 15) is 4.79 Å². The lowest BCUT2D eigenvalue weighted by atomic mass is 10.2. The summed E-state index contributed by atoms with van der Waals surface area (Å²) in [7, 11) is 3.11. The molecule has 0 atom stereocenters. The van der Waals surface area contributed by atoms with Crippen molar-refractivity contribution in [2.45, 2.75) is 0 Å². The predicted octanol–water partition coefficient (Wildman–Crippen LogP) is 3.07. The van der Waals surface area contributed by atoms with E-state index in [0.29, 0.717) is 32.9 Å². The Morgan fingerprint density at radius 1 is 1.09 bits per heavy atom. The van der Waals surface area contributed by atoms with Crippen molar-refractivity contribution in [3.05, 3.63) is 57.6 Å². The largest absolute Gasteiger partial charge is 0.497 e. The molecule has 0 unspecified atom stereocenters. The van der Waals surface area contributed by atoms with Crippen molar-refractivity contribution < 1.29 is 9.47 Å². The first-order chi connectivity index (χ1) is 10.7. The van der Waals surface area contributed by atoms with Gasteiger partial charge in [0.1, 0.15) is 11.5 Å². The standard InChI is InChI=1S/C16H14N2O3S/c1-20-10-7-8-13(14(9-10)21-2)18-15(19)11-5-3-4-6-12(11)17-16(18)22/h3-9H,1-2H3,(H,17,22). The zero-order chi connectivity index (χ0) is 15.7. The first-order valence-corrected chi connectivity index (χ1v) is 7.03. The number of H-pyrrole nitrogens is 1. The van der Waals surface area contributed by atoms with Crippen molar-refractivity contribution in [1.82, 2.24) is 9.55 Å². The highest BCUT2D eigenvalue weighted by Crippen LogP contribution is 2.27. The second-order valence-corrected chi connectivity index (χ2v) is 5.04. The first kappa shape index (κ1) is 14.3. The van der Waals surface area contributed by atoms with Gasteiger partial charge in [0, 0.05) is 6.07 Å². The minimum atomic E-state index is -0.192. The molecule has 0 saturated carbocycles. The molecule has 0 aliphatic carbocycles. The van der Waals surface area contributed by atoms with Crippen LogP contribution in [0.2, 0.25) is 0 Å². The number of ether oxygens (including phenoxy) is 2. The Labute approximate surface area is 131 Å². The van der Waals surface area contributed by atoms with Crippen LogP contribution in [0.5, 0.6) is 11.5 Å². The molecule has 1 N–H and O–H groups in total. The lowest BCUT2D eigenvalue weighted by molar-refractivity contribution is 0.393. The topological polar surface area (TPSA) is 56.2 Å². The fourth-order valence-electron chi connectivity index (χ4n) is 2.35. The van der Waals surface area contributed by atoms with Gasteiger partial charge < -0.3 is 14.5 Å². The summed E-state index contributed by atoms with van der Waals surface area (Å²) in [4.78, 5) is 15.8. The molecule has 3 aromatic rings. The fraction of sp³-hybridized carbons (Fsp3) is 0.125. The lowest BCUT2D eigenvalue weighted by Crippen LogP contribution is -2.21. The monoisotopic (exact) mass is 314 g/mol. The number of hydrogen-bond acceptors (Lipinski definition) is 4. The summed E-state index contributed by atoms with van der Waals surface area (Å²) in [6, 6.07) is 12.5. The van der Waals surface area contributed by atoms with Crippen LogP contribution < -0.4 is 15.0 Å². The van der Waals surface area contributed by atoms with Gasteiger partial charge in [-0.15, -0.1) is 0 Å². The number of aromatic nitrogens is 2. The number of aromatic amines is 1. The van der Waals surface area contributed by atoms with Crippen LogP contribution in [-0.2, 0) is 0 Å². The van der Waals surface area contributed by atoms with Crippen molar-refractivity contribution in [2.24, 2.45) is 0 Å². The van der Waals surface area contributed by atoms with Crippen LogP contribution in [0.3, 0.4) is 0 Å². The molecule has 1 aromatic heterocycles.